The fourth-order valence-electron chi connectivity index (χ4n) is 2.25. The summed E-state index contributed by atoms with van der Waals surface area (Å²) in [5.74, 6) is 0.335. The maximum absolute atomic E-state index is 5.72. The number of benzene rings is 1. The van der Waals surface area contributed by atoms with Crippen LogP contribution in [0.4, 0.5) is 0 Å². The molecule has 0 radical (unpaired) electrons. The fraction of sp³-hybridized carbons (Fsp3) is 0.625. The van der Waals surface area contributed by atoms with Gasteiger partial charge in [0, 0.05) is 5.56 Å². The minimum Gasteiger partial charge on any atom is -0.494 e. The van der Waals surface area contributed by atoms with Crippen LogP contribution in [0.25, 0.3) is 0 Å². The SMILES string of the molecule is CCCCCCOc1ccc(C2(C)OCCO2)cc1. The van der Waals surface area contributed by atoms with Crippen molar-refractivity contribution in [3.63, 3.8) is 0 Å². The average molecular weight is 264 g/mol. The van der Waals surface area contributed by atoms with Crippen LogP contribution in [0.3, 0.4) is 0 Å². The zero-order chi connectivity index (χ0) is 13.6. The normalized spacial score (nSPS) is 17.6. The molecule has 1 saturated heterocycles. The lowest BCUT2D eigenvalue weighted by Crippen LogP contribution is -2.22. The van der Waals surface area contributed by atoms with Crippen LogP contribution >= 0.6 is 0 Å². The summed E-state index contributed by atoms with van der Waals surface area (Å²) in [6.45, 7) is 6.29. The Morgan fingerprint density at radius 1 is 1.05 bits per heavy atom. The highest BCUT2D eigenvalue weighted by molar-refractivity contribution is 5.29. The number of hydrogen-bond donors (Lipinski definition) is 0. The minimum atomic E-state index is -0.584. The van der Waals surface area contributed by atoms with E-state index in [4.69, 9.17) is 14.2 Å². The van der Waals surface area contributed by atoms with Gasteiger partial charge in [0.25, 0.3) is 0 Å². The molecule has 2 rings (SSSR count). The highest BCUT2D eigenvalue weighted by Gasteiger charge is 2.32. The number of rotatable bonds is 7. The van der Waals surface area contributed by atoms with E-state index in [1.54, 1.807) is 0 Å². The van der Waals surface area contributed by atoms with E-state index in [0.717, 1.165) is 24.3 Å². The second kappa shape index (κ2) is 6.92. The predicted octanol–water partition coefficient (Wildman–Crippen LogP) is 3.87. The molecule has 0 aliphatic carbocycles. The first-order chi connectivity index (χ1) is 9.24. The van der Waals surface area contributed by atoms with Gasteiger partial charge in [-0.2, -0.15) is 0 Å². The van der Waals surface area contributed by atoms with E-state index in [2.05, 4.69) is 6.92 Å². The van der Waals surface area contributed by atoms with Crippen LogP contribution in [-0.4, -0.2) is 19.8 Å². The van der Waals surface area contributed by atoms with Gasteiger partial charge in [0.1, 0.15) is 5.75 Å². The smallest absolute Gasteiger partial charge is 0.192 e. The molecule has 0 N–H and O–H groups in total. The van der Waals surface area contributed by atoms with Gasteiger partial charge in [-0.25, -0.2) is 0 Å². The summed E-state index contributed by atoms with van der Waals surface area (Å²) in [5, 5.41) is 0. The second-order valence-corrected chi connectivity index (χ2v) is 5.08. The van der Waals surface area contributed by atoms with Gasteiger partial charge in [0.15, 0.2) is 5.79 Å². The quantitative estimate of drug-likeness (QED) is 0.700. The van der Waals surface area contributed by atoms with Gasteiger partial charge < -0.3 is 14.2 Å². The Bertz CT molecular complexity index is 366. The molecule has 0 amide bonds. The van der Waals surface area contributed by atoms with Gasteiger partial charge in [-0.05, 0) is 37.6 Å². The molecule has 0 bridgehead atoms. The van der Waals surface area contributed by atoms with E-state index in [9.17, 15) is 0 Å². The first kappa shape index (κ1) is 14.4. The minimum absolute atomic E-state index is 0.584. The molecule has 1 aromatic carbocycles. The summed E-state index contributed by atoms with van der Waals surface area (Å²) < 4.78 is 17.0. The molecule has 3 nitrogen and oxygen atoms in total. The van der Waals surface area contributed by atoms with E-state index >= 15 is 0 Å². The molecule has 0 unspecified atom stereocenters. The van der Waals surface area contributed by atoms with Crippen LogP contribution in [-0.2, 0) is 15.3 Å². The molecule has 1 heterocycles. The first-order valence-electron chi connectivity index (χ1n) is 7.26. The van der Waals surface area contributed by atoms with Gasteiger partial charge in [-0.3, -0.25) is 0 Å². The van der Waals surface area contributed by atoms with Crippen molar-refractivity contribution in [2.75, 3.05) is 19.8 Å². The van der Waals surface area contributed by atoms with E-state index in [1.165, 1.54) is 19.3 Å². The molecule has 1 fully saturated rings. The van der Waals surface area contributed by atoms with Gasteiger partial charge in [-0.15, -0.1) is 0 Å². The van der Waals surface area contributed by atoms with Crippen LogP contribution < -0.4 is 4.74 Å². The summed E-state index contributed by atoms with van der Waals surface area (Å²) in [5.41, 5.74) is 1.04. The number of hydrogen-bond acceptors (Lipinski definition) is 3. The van der Waals surface area contributed by atoms with Crippen molar-refractivity contribution in [2.24, 2.45) is 0 Å². The third-order valence-corrected chi connectivity index (χ3v) is 3.48. The third kappa shape index (κ3) is 3.95. The van der Waals surface area contributed by atoms with Crippen LogP contribution in [0.1, 0.15) is 45.1 Å². The predicted molar refractivity (Wildman–Crippen MR) is 75.3 cm³/mol. The van der Waals surface area contributed by atoms with Gasteiger partial charge in [-0.1, -0.05) is 26.2 Å². The topological polar surface area (TPSA) is 27.7 Å². The summed E-state index contributed by atoms with van der Waals surface area (Å²) in [4.78, 5) is 0. The molecule has 1 aliphatic heterocycles. The van der Waals surface area contributed by atoms with E-state index in [0.29, 0.717) is 13.2 Å². The molecule has 3 heteroatoms. The third-order valence-electron chi connectivity index (χ3n) is 3.48. The molecule has 19 heavy (non-hydrogen) atoms. The van der Waals surface area contributed by atoms with Crippen molar-refractivity contribution in [1.82, 2.24) is 0 Å². The Morgan fingerprint density at radius 2 is 1.74 bits per heavy atom. The summed E-state index contributed by atoms with van der Waals surface area (Å²) in [6.07, 6.45) is 4.91. The van der Waals surface area contributed by atoms with Crippen LogP contribution in [0, 0.1) is 0 Å². The fourth-order valence-corrected chi connectivity index (χ4v) is 2.25. The van der Waals surface area contributed by atoms with Crippen molar-refractivity contribution in [2.45, 2.75) is 45.3 Å². The van der Waals surface area contributed by atoms with E-state index in [1.807, 2.05) is 31.2 Å². The van der Waals surface area contributed by atoms with Crippen LogP contribution in [0.2, 0.25) is 0 Å². The first-order valence-corrected chi connectivity index (χ1v) is 7.26. The molecule has 0 aromatic heterocycles. The number of unbranched alkanes of at least 4 members (excludes halogenated alkanes) is 3. The average Bonchev–Trinajstić information content (AvgIpc) is 2.87. The monoisotopic (exact) mass is 264 g/mol. The van der Waals surface area contributed by atoms with Gasteiger partial charge >= 0.3 is 0 Å². The van der Waals surface area contributed by atoms with Crippen molar-refractivity contribution < 1.29 is 14.2 Å². The molecule has 1 aromatic rings. The van der Waals surface area contributed by atoms with Crippen molar-refractivity contribution >= 4 is 0 Å². The van der Waals surface area contributed by atoms with E-state index in [-0.39, 0.29) is 0 Å². The molecule has 0 atom stereocenters. The Balaban J connectivity index is 1.81. The molecule has 106 valence electrons. The Hall–Kier alpha value is -1.06. The lowest BCUT2D eigenvalue weighted by atomic mass is 10.1. The van der Waals surface area contributed by atoms with Gasteiger partial charge in [0.2, 0.25) is 0 Å². The highest BCUT2D eigenvalue weighted by atomic mass is 16.7. The standard InChI is InChI=1S/C16H24O3/c1-3-4-5-6-11-17-15-9-7-14(8-10-15)16(2)18-12-13-19-16/h7-10H,3-6,11-13H2,1-2H3. The lowest BCUT2D eigenvalue weighted by molar-refractivity contribution is -0.149. The Labute approximate surface area is 115 Å². The summed E-state index contributed by atoms with van der Waals surface area (Å²) in [6, 6.07) is 8.02. The van der Waals surface area contributed by atoms with Crippen LogP contribution in [0.5, 0.6) is 5.75 Å². The van der Waals surface area contributed by atoms with Crippen molar-refractivity contribution in [3.8, 4) is 5.75 Å². The van der Waals surface area contributed by atoms with Crippen LogP contribution in [0.15, 0.2) is 24.3 Å². The molecular formula is C16H24O3. The zero-order valence-electron chi connectivity index (χ0n) is 12.0. The van der Waals surface area contributed by atoms with E-state index < -0.39 is 5.79 Å². The lowest BCUT2D eigenvalue weighted by Gasteiger charge is -2.22. The Kier molecular flexibility index (Phi) is 5.23. The Morgan fingerprint density at radius 3 is 2.37 bits per heavy atom. The molecule has 1 aliphatic rings. The molecule has 0 saturated carbocycles. The summed E-state index contributed by atoms with van der Waals surface area (Å²) in [7, 11) is 0. The number of ether oxygens (including phenoxy) is 3. The van der Waals surface area contributed by atoms with Crippen molar-refractivity contribution in [3.05, 3.63) is 29.8 Å². The molecule has 0 spiro atoms. The second-order valence-electron chi connectivity index (χ2n) is 5.08. The zero-order valence-corrected chi connectivity index (χ0v) is 12.0. The largest absolute Gasteiger partial charge is 0.494 e. The highest BCUT2D eigenvalue weighted by Crippen LogP contribution is 2.31. The molecular weight excluding hydrogens is 240 g/mol. The van der Waals surface area contributed by atoms with Crippen molar-refractivity contribution in [1.29, 1.82) is 0 Å². The summed E-state index contributed by atoms with van der Waals surface area (Å²) >= 11 is 0. The van der Waals surface area contributed by atoms with Gasteiger partial charge in [0.05, 0.1) is 19.8 Å². The maximum atomic E-state index is 5.72. The maximum Gasteiger partial charge on any atom is 0.192 e.